The van der Waals surface area contributed by atoms with Crippen molar-refractivity contribution in [2.75, 3.05) is 19.8 Å². The Hall–Kier alpha value is -0.0231. The molecule has 0 saturated heterocycles. The summed E-state index contributed by atoms with van der Waals surface area (Å²) in [6, 6.07) is -0.118. The first kappa shape index (κ1) is 18.0. The van der Waals surface area contributed by atoms with Crippen LogP contribution in [-0.2, 0) is 13.3 Å². The lowest BCUT2D eigenvalue weighted by Crippen LogP contribution is -2.49. The van der Waals surface area contributed by atoms with Crippen LogP contribution in [0.25, 0.3) is 0 Å². The number of hydrogen-bond acceptors (Lipinski definition) is 6. The maximum absolute atomic E-state index is 5.83. The topological polar surface area (TPSA) is 106 Å². The van der Waals surface area contributed by atoms with Crippen molar-refractivity contribution in [1.82, 2.24) is 0 Å². The molecule has 110 valence electrons. The molecule has 0 heterocycles. The van der Waals surface area contributed by atoms with Crippen molar-refractivity contribution in [1.29, 1.82) is 0 Å². The Labute approximate surface area is 111 Å². The van der Waals surface area contributed by atoms with Crippen molar-refractivity contribution >= 4 is 8.80 Å². The summed E-state index contributed by atoms with van der Waals surface area (Å²) in [6.45, 7) is 8.85. The van der Waals surface area contributed by atoms with Gasteiger partial charge in [0.2, 0.25) is 0 Å². The van der Waals surface area contributed by atoms with Crippen LogP contribution in [0.5, 0.6) is 0 Å². The van der Waals surface area contributed by atoms with E-state index in [1.165, 1.54) is 0 Å². The van der Waals surface area contributed by atoms with Gasteiger partial charge in [0.1, 0.15) is 0 Å². The van der Waals surface area contributed by atoms with E-state index in [2.05, 4.69) is 0 Å². The van der Waals surface area contributed by atoms with E-state index in [9.17, 15) is 0 Å². The highest BCUT2D eigenvalue weighted by Gasteiger charge is 2.36. The molecule has 0 amide bonds. The van der Waals surface area contributed by atoms with E-state index in [4.69, 9.17) is 30.5 Å². The number of nitrogens with two attached hydrogens (primary N) is 3. The van der Waals surface area contributed by atoms with Gasteiger partial charge in [-0.1, -0.05) is 6.92 Å². The van der Waals surface area contributed by atoms with Crippen LogP contribution >= 0.6 is 0 Å². The Morgan fingerprint density at radius 1 is 0.889 bits per heavy atom. The Bertz CT molecular complexity index is 206. The zero-order valence-electron chi connectivity index (χ0n) is 12.0. The van der Waals surface area contributed by atoms with E-state index >= 15 is 0 Å². The molecule has 0 saturated carbocycles. The molecule has 6 N–H and O–H groups in total. The fourth-order valence-corrected chi connectivity index (χ4v) is 2.97. The first-order valence-corrected chi connectivity index (χ1v) is 8.70. The van der Waals surface area contributed by atoms with Crippen LogP contribution < -0.4 is 17.2 Å². The minimum atomic E-state index is -2.69. The van der Waals surface area contributed by atoms with Gasteiger partial charge < -0.3 is 30.5 Å². The summed E-state index contributed by atoms with van der Waals surface area (Å²) >= 11 is 0. The lowest BCUT2D eigenvalue weighted by molar-refractivity contribution is 0.0551. The Morgan fingerprint density at radius 2 is 1.28 bits per heavy atom. The average Bonchev–Trinajstić information content (AvgIpc) is 2.31. The summed E-state index contributed by atoms with van der Waals surface area (Å²) in [7, 11) is -2.69. The van der Waals surface area contributed by atoms with Gasteiger partial charge >= 0.3 is 8.80 Å². The Balaban J connectivity index is 4.28. The van der Waals surface area contributed by atoms with Gasteiger partial charge in [0.15, 0.2) is 0 Å². The van der Waals surface area contributed by atoms with Crippen LogP contribution in [0.3, 0.4) is 0 Å². The van der Waals surface area contributed by atoms with Gasteiger partial charge in [-0.25, -0.2) is 0 Å². The molecule has 18 heavy (non-hydrogen) atoms. The molecule has 0 aliphatic rings. The third-order valence-corrected chi connectivity index (χ3v) is 4.37. The molecule has 0 fully saturated rings. The van der Waals surface area contributed by atoms with Crippen molar-refractivity contribution in [3.05, 3.63) is 0 Å². The summed E-state index contributed by atoms with van der Waals surface area (Å²) < 4.78 is 17.1. The highest BCUT2D eigenvalue weighted by molar-refractivity contribution is 6.59. The van der Waals surface area contributed by atoms with Crippen molar-refractivity contribution < 1.29 is 13.3 Å². The fraction of sp³-hybridized carbons (Fsp3) is 1.00. The molecule has 3 unspecified atom stereocenters. The zero-order chi connectivity index (χ0) is 14.2. The van der Waals surface area contributed by atoms with E-state index < -0.39 is 8.80 Å². The summed E-state index contributed by atoms with van der Waals surface area (Å²) in [5.41, 5.74) is 17.2. The maximum Gasteiger partial charge on any atom is 0.497 e. The highest BCUT2D eigenvalue weighted by atomic mass is 28.4. The molecular formula is C11H29N3O3Si. The van der Waals surface area contributed by atoms with Gasteiger partial charge in [-0.2, -0.15) is 0 Å². The van der Waals surface area contributed by atoms with Gasteiger partial charge in [-0.15, -0.1) is 0 Å². The normalized spacial score (nSPS) is 20.2. The SMILES string of the molecule is CCC(N)CO[Si](C)(OCC(C)N)OCC(C)N. The van der Waals surface area contributed by atoms with Crippen molar-refractivity contribution in [3.8, 4) is 0 Å². The second-order valence-electron chi connectivity index (χ2n) is 4.92. The summed E-state index contributed by atoms with van der Waals surface area (Å²) in [5.74, 6) is 0. The fourth-order valence-electron chi connectivity index (χ4n) is 1.07. The van der Waals surface area contributed by atoms with Gasteiger partial charge in [-0.05, 0) is 20.3 Å². The average molecular weight is 279 g/mol. The molecule has 7 heteroatoms. The van der Waals surface area contributed by atoms with Crippen LogP contribution in [0.2, 0.25) is 6.55 Å². The molecule has 0 aromatic heterocycles. The first-order valence-electron chi connectivity index (χ1n) is 6.47. The number of rotatable bonds is 10. The highest BCUT2D eigenvalue weighted by Crippen LogP contribution is 2.11. The van der Waals surface area contributed by atoms with E-state index in [0.29, 0.717) is 19.8 Å². The lowest BCUT2D eigenvalue weighted by Gasteiger charge is -2.28. The summed E-state index contributed by atoms with van der Waals surface area (Å²) in [5, 5.41) is 0. The first-order chi connectivity index (χ1) is 8.29. The van der Waals surface area contributed by atoms with Gasteiger partial charge in [0.25, 0.3) is 0 Å². The molecule has 0 aliphatic heterocycles. The molecule has 3 atom stereocenters. The van der Waals surface area contributed by atoms with E-state index in [1.54, 1.807) is 0 Å². The van der Waals surface area contributed by atoms with Crippen LogP contribution in [0, 0.1) is 0 Å². The zero-order valence-corrected chi connectivity index (χ0v) is 13.0. The standard InChI is InChI=1S/C11H29N3O3Si/c1-5-11(14)8-17-18(4,15-6-9(2)12)16-7-10(3)13/h9-11H,5-8,12-14H2,1-4H3. The quantitative estimate of drug-likeness (QED) is 0.487. The second kappa shape index (κ2) is 8.97. The molecule has 0 bridgehead atoms. The summed E-state index contributed by atoms with van der Waals surface area (Å²) in [4.78, 5) is 0. The van der Waals surface area contributed by atoms with Gasteiger partial charge in [-0.3, -0.25) is 0 Å². The molecule has 0 aromatic rings. The van der Waals surface area contributed by atoms with Gasteiger partial charge in [0, 0.05) is 24.7 Å². The molecule has 0 rings (SSSR count). The summed E-state index contributed by atoms with van der Waals surface area (Å²) in [6.07, 6.45) is 0.852. The predicted molar refractivity (Wildman–Crippen MR) is 75.0 cm³/mol. The lowest BCUT2D eigenvalue weighted by atomic mass is 10.3. The predicted octanol–water partition coefficient (Wildman–Crippen LogP) is 0.0366. The largest absolute Gasteiger partial charge is 0.497 e. The smallest absolute Gasteiger partial charge is 0.372 e. The molecule has 0 aliphatic carbocycles. The third-order valence-electron chi connectivity index (χ3n) is 2.30. The molecule has 0 aromatic carbocycles. The van der Waals surface area contributed by atoms with Crippen LogP contribution in [0.15, 0.2) is 0 Å². The Kier molecular flexibility index (Phi) is 8.96. The number of hydrogen-bond donors (Lipinski definition) is 3. The molecule has 0 radical (unpaired) electrons. The molecular weight excluding hydrogens is 250 g/mol. The van der Waals surface area contributed by atoms with Crippen molar-refractivity contribution in [2.45, 2.75) is 51.9 Å². The van der Waals surface area contributed by atoms with E-state index in [1.807, 2.05) is 27.3 Å². The minimum absolute atomic E-state index is 0.00498. The second-order valence-corrected chi connectivity index (χ2v) is 7.51. The van der Waals surface area contributed by atoms with Crippen molar-refractivity contribution in [3.63, 3.8) is 0 Å². The molecule has 6 nitrogen and oxygen atoms in total. The van der Waals surface area contributed by atoms with Crippen LogP contribution in [-0.4, -0.2) is 46.8 Å². The maximum atomic E-state index is 5.83. The monoisotopic (exact) mass is 279 g/mol. The van der Waals surface area contributed by atoms with E-state index in [-0.39, 0.29) is 18.1 Å². The van der Waals surface area contributed by atoms with E-state index in [0.717, 1.165) is 6.42 Å². The third kappa shape index (κ3) is 8.98. The van der Waals surface area contributed by atoms with Crippen LogP contribution in [0.1, 0.15) is 27.2 Å². The van der Waals surface area contributed by atoms with Gasteiger partial charge in [0.05, 0.1) is 19.8 Å². The molecule has 0 spiro atoms. The minimum Gasteiger partial charge on any atom is -0.372 e. The Morgan fingerprint density at radius 3 is 1.61 bits per heavy atom. The van der Waals surface area contributed by atoms with Crippen molar-refractivity contribution in [2.24, 2.45) is 17.2 Å². The van der Waals surface area contributed by atoms with Crippen LogP contribution in [0.4, 0.5) is 0 Å².